The first kappa shape index (κ1) is 22.3. The van der Waals surface area contributed by atoms with Crippen molar-refractivity contribution in [2.45, 2.75) is 12.3 Å². The summed E-state index contributed by atoms with van der Waals surface area (Å²) in [5.41, 5.74) is 9.83. The van der Waals surface area contributed by atoms with Gasteiger partial charge in [0.15, 0.2) is 5.82 Å². The molecule has 2 aromatic heterocycles. The van der Waals surface area contributed by atoms with Gasteiger partial charge in [0.25, 0.3) is 0 Å². The van der Waals surface area contributed by atoms with Crippen molar-refractivity contribution in [3.63, 3.8) is 0 Å². The number of hydrogen-bond donors (Lipinski definition) is 0. The van der Waals surface area contributed by atoms with E-state index in [9.17, 15) is 0 Å². The fourth-order valence-corrected chi connectivity index (χ4v) is 5.65. The van der Waals surface area contributed by atoms with Crippen molar-refractivity contribution >= 4 is 0 Å². The Morgan fingerprint density at radius 2 is 0.974 bits per heavy atom. The van der Waals surface area contributed by atoms with Crippen LogP contribution in [0.15, 0.2) is 133 Å². The van der Waals surface area contributed by atoms with Crippen LogP contribution in [0.4, 0.5) is 0 Å². The van der Waals surface area contributed by atoms with Crippen molar-refractivity contribution < 1.29 is 0 Å². The molecule has 0 bridgehead atoms. The van der Waals surface area contributed by atoms with Gasteiger partial charge in [0.2, 0.25) is 0 Å². The molecule has 1 atom stereocenters. The van der Waals surface area contributed by atoms with Gasteiger partial charge in [-0.2, -0.15) is 0 Å². The quantitative estimate of drug-likeness (QED) is 0.251. The molecule has 0 saturated carbocycles. The van der Waals surface area contributed by atoms with Crippen molar-refractivity contribution in [2.24, 2.45) is 0 Å². The van der Waals surface area contributed by atoms with Crippen LogP contribution in [0.5, 0.6) is 0 Å². The van der Waals surface area contributed by atoms with E-state index in [4.69, 9.17) is 15.0 Å². The molecular weight excluding hydrogens is 462 g/mol. The zero-order chi connectivity index (χ0) is 25.5. The van der Waals surface area contributed by atoms with Crippen molar-refractivity contribution in [1.29, 1.82) is 0 Å². The number of benzene rings is 4. The van der Waals surface area contributed by atoms with Gasteiger partial charge in [0.05, 0.1) is 22.8 Å². The average Bonchev–Trinajstić information content (AvgIpc) is 3.27. The van der Waals surface area contributed by atoms with E-state index in [2.05, 4.69) is 110 Å². The molecule has 1 unspecified atom stereocenters. The minimum Gasteiger partial charge on any atom is -0.246 e. The van der Waals surface area contributed by atoms with Gasteiger partial charge in [-0.05, 0) is 24.1 Å². The van der Waals surface area contributed by atoms with Gasteiger partial charge in [-0.1, -0.05) is 127 Å². The van der Waals surface area contributed by atoms with E-state index in [0.29, 0.717) is 5.82 Å². The van der Waals surface area contributed by atoms with Crippen LogP contribution in [0.2, 0.25) is 0 Å². The average molecular weight is 488 g/mol. The van der Waals surface area contributed by atoms with Crippen LogP contribution in [0.1, 0.15) is 23.6 Å². The predicted octanol–water partition coefficient (Wildman–Crippen LogP) is 8.21. The van der Waals surface area contributed by atoms with Gasteiger partial charge in [-0.15, -0.1) is 0 Å². The second kappa shape index (κ2) is 8.89. The SMILES string of the molecule is CC1(c2ccccc2)c2ccc(-c3ccccc3)nc2-c2nc(-c3ccccc3)nc(-c3ccccc3)c21. The molecule has 0 amide bonds. The summed E-state index contributed by atoms with van der Waals surface area (Å²) in [5, 5.41) is 0. The first-order chi connectivity index (χ1) is 18.7. The molecule has 7 rings (SSSR count). The topological polar surface area (TPSA) is 38.7 Å². The molecule has 38 heavy (non-hydrogen) atoms. The second-order valence-corrected chi connectivity index (χ2v) is 9.80. The molecule has 0 spiro atoms. The molecule has 4 aromatic carbocycles. The van der Waals surface area contributed by atoms with E-state index >= 15 is 0 Å². The third kappa shape index (κ3) is 3.47. The Bertz CT molecular complexity index is 1750. The summed E-state index contributed by atoms with van der Waals surface area (Å²) in [6.07, 6.45) is 0. The van der Waals surface area contributed by atoms with E-state index in [0.717, 1.165) is 50.6 Å². The maximum absolute atomic E-state index is 5.27. The van der Waals surface area contributed by atoms with Gasteiger partial charge in [-0.25, -0.2) is 15.0 Å². The minimum absolute atomic E-state index is 0.464. The summed E-state index contributed by atoms with van der Waals surface area (Å²) < 4.78 is 0. The summed E-state index contributed by atoms with van der Waals surface area (Å²) in [4.78, 5) is 15.7. The highest BCUT2D eigenvalue weighted by Gasteiger charge is 2.45. The van der Waals surface area contributed by atoms with Crippen LogP contribution in [-0.4, -0.2) is 15.0 Å². The standard InChI is InChI=1S/C35H25N3/c1-35(27-20-12-5-13-21-27)28-22-23-29(24-14-6-2-7-15-24)36-32(28)33-30(35)31(25-16-8-3-9-17-25)37-34(38-33)26-18-10-4-11-19-26/h2-23H,1H3. The normalized spacial score (nSPS) is 15.6. The Kier molecular flexibility index (Phi) is 5.22. The zero-order valence-electron chi connectivity index (χ0n) is 21.0. The molecule has 0 fully saturated rings. The molecule has 3 nitrogen and oxygen atoms in total. The molecule has 0 saturated heterocycles. The molecule has 0 aliphatic heterocycles. The Morgan fingerprint density at radius 3 is 1.61 bits per heavy atom. The monoisotopic (exact) mass is 487 g/mol. The van der Waals surface area contributed by atoms with Crippen LogP contribution in [0.25, 0.3) is 45.3 Å². The summed E-state index contributed by atoms with van der Waals surface area (Å²) >= 11 is 0. The third-order valence-corrected chi connectivity index (χ3v) is 7.57. The lowest BCUT2D eigenvalue weighted by atomic mass is 9.73. The Balaban J connectivity index is 1.59. The first-order valence-corrected chi connectivity index (χ1v) is 12.9. The number of fused-ring (bicyclic) bond motifs is 3. The molecule has 3 heteroatoms. The van der Waals surface area contributed by atoms with Crippen LogP contribution in [0.3, 0.4) is 0 Å². The number of nitrogens with zero attached hydrogens (tertiary/aromatic N) is 3. The van der Waals surface area contributed by atoms with Gasteiger partial charge in [0.1, 0.15) is 0 Å². The van der Waals surface area contributed by atoms with Crippen LogP contribution >= 0.6 is 0 Å². The smallest absolute Gasteiger partial charge is 0.160 e. The van der Waals surface area contributed by atoms with E-state index in [1.807, 2.05) is 30.3 Å². The largest absolute Gasteiger partial charge is 0.246 e. The highest BCUT2D eigenvalue weighted by molar-refractivity contribution is 5.87. The third-order valence-electron chi connectivity index (χ3n) is 7.57. The molecule has 1 aliphatic rings. The van der Waals surface area contributed by atoms with Gasteiger partial charge in [0, 0.05) is 27.7 Å². The van der Waals surface area contributed by atoms with Crippen molar-refractivity contribution in [3.05, 3.63) is 150 Å². The van der Waals surface area contributed by atoms with Gasteiger partial charge in [-0.3, -0.25) is 0 Å². The number of pyridine rings is 1. The molecule has 0 N–H and O–H groups in total. The summed E-state index contributed by atoms with van der Waals surface area (Å²) in [5.74, 6) is 0.707. The van der Waals surface area contributed by atoms with Crippen molar-refractivity contribution in [1.82, 2.24) is 15.0 Å². The lowest BCUT2D eigenvalue weighted by molar-refractivity contribution is 0.709. The molecular formula is C35H25N3. The van der Waals surface area contributed by atoms with E-state index < -0.39 is 5.41 Å². The van der Waals surface area contributed by atoms with Gasteiger partial charge >= 0.3 is 0 Å². The van der Waals surface area contributed by atoms with E-state index in [1.54, 1.807) is 0 Å². The zero-order valence-corrected chi connectivity index (χ0v) is 21.0. The number of aromatic nitrogens is 3. The van der Waals surface area contributed by atoms with Crippen molar-refractivity contribution in [2.75, 3.05) is 0 Å². The molecule has 2 heterocycles. The molecule has 1 aliphatic carbocycles. The Hall–Kier alpha value is -4.89. The van der Waals surface area contributed by atoms with Gasteiger partial charge < -0.3 is 0 Å². The maximum Gasteiger partial charge on any atom is 0.160 e. The van der Waals surface area contributed by atoms with E-state index in [1.165, 1.54) is 5.56 Å². The maximum atomic E-state index is 5.27. The molecule has 6 aromatic rings. The number of hydrogen-bond acceptors (Lipinski definition) is 3. The fraction of sp³-hybridized carbons (Fsp3) is 0.0571. The highest BCUT2D eigenvalue weighted by Crippen LogP contribution is 2.54. The summed E-state index contributed by atoms with van der Waals surface area (Å²) in [6.45, 7) is 2.29. The van der Waals surface area contributed by atoms with Crippen LogP contribution < -0.4 is 0 Å². The highest BCUT2D eigenvalue weighted by atomic mass is 14.9. The summed E-state index contributed by atoms with van der Waals surface area (Å²) in [6, 6.07) is 46.0. The molecule has 0 radical (unpaired) electrons. The first-order valence-electron chi connectivity index (χ1n) is 12.9. The van der Waals surface area contributed by atoms with Crippen LogP contribution in [-0.2, 0) is 5.41 Å². The fourth-order valence-electron chi connectivity index (χ4n) is 5.65. The lowest BCUT2D eigenvalue weighted by Gasteiger charge is -2.29. The molecule has 180 valence electrons. The second-order valence-electron chi connectivity index (χ2n) is 9.80. The van der Waals surface area contributed by atoms with Crippen molar-refractivity contribution in [3.8, 4) is 45.3 Å². The summed E-state index contributed by atoms with van der Waals surface area (Å²) in [7, 11) is 0. The lowest BCUT2D eigenvalue weighted by Crippen LogP contribution is -2.24. The minimum atomic E-state index is -0.464. The van der Waals surface area contributed by atoms with E-state index in [-0.39, 0.29) is 0 Å². The predicted molar refractivity (Wildman–Crippen MR) is 154 cm³/mol. The Labute approximate surface area is 222 Å². The van der Waals surface area contributed by atoms with Crippen LogP contribution in [0, 0.1) is 0 Å². The number of rotatable bonds is 4. The Morgan fingerprint density at radius 1 is 0.447 bits per heavy atom.